The van der Waals surface area contributed by atoms with Crippen LogP contribution in [-0.4, -0.2) is 23.1 Å². The Morgan fingerprint density at radius 3 is 2.63 bits per heavy atom. The van der Waals surface area contributed by atoms with Gasteiger partial charge in [0.1, 0.15) is 5.82 Å². The Kier molecular flexibility index (Phi) is 3.79. The van der Waals surface area contributed by atoms with Crippen molar-refractivity contribution >= 4 is 17.7 Å². The number of carbonyl (C=O) groups is 2. The predicted molar refractivity (Wildman–Crippen MR) is 67.2 cm³/mol. The van der Waals surface area contributed by atoms with Crippen LogP contribution in [0.5, 0.6) is 0 Å². The Balaban J connectivity index is 1.88. The quantitative estimate of drug-likeness (QED) is 0.730. The van der Waals surface area contributed by atoms with Gasteiger partial charge in [-0.2, -0.15) is 0 Å². The summed E-state index contributed by atoms with van der Waals surface area (Å²) in [6.45, 7) is 0. The molecule has 0 saturated heterocycles. The molecule has 1 aliphatic carbocycles. The summed E-state index contributed by atoms with van der Waals surface area (Å²) >= 11 is 0. The van der Waals surface area contributed by atoms with Gasteiger partial charge in [-0.1, -0.05) is 24.3 Å². The van der Waals surface area contributed by atoms with E-state index in [0.29, 0.717) is 6.42 Å². The number of aliphatic carboxylic acids is 1. The van der Waals surface area contributed by atoms with Crippen LogP contribution in [0.25, 0.3) is 0 Å². The number of rotatable bonds is 3. The fourth-order valence-electron chi connectivity index (χ4n) is 1.88. The molecule has 100 valence electrons. The fourth-order valence-corrected chi connectivity index (χ4v) is 1.88. The molecule has 1 aromatic carbocycles. The molecule has 0 saturated carbocycles. The number of carboxylic acid groups (broad SMARTS) is 1. The number of amides is 2. The topological polar surface area (TPSA) is 78.4 Å². The van der Waals surface area contributed by atoms with E-state index in [4.69, 9.17) is 5.11 Å². The monoisotopic (exact) mass is 264 g/mol. The largest absolute Gasteiger partial charge is 0.481 e. The molecule has 0 aromatic heterocycles. The second kappa shape index (κ2) is 5.51. The first-order chi connectivity index (χ1) is 9.06. The number of halogens is 1. The van der Waals surface area contributed by atoms with Crippen LogP contribution < -0.4 is 10.6 Å². The average molecular weight is 264 g/mol. The van der Waals surface area contributed by atoms with Crippen molar-refractivity contribution < 1.29 is 19.1 Å². The Labute approximate surface area is 109 Å². The molecule has 5 nitrogen and oxygen atoms in total. The van der Waals surface area contributed by atoms with Gasteiger partial charge in [-0.3, -0.25) is 4.79 Å². The van der Waals surface area contributed by atoms with E-state index in [0.717, 1.165) is 0 Å². The Morgan fingerprint density at radius 1 is 1.26 bits per heavy atom. The van der Waals surface area contributed by atoms with Gasteiger partial charge in [0, 0.05) is 0 Å². The summed E-state index contributed by atoms with van der Waals surface area (Å²) in [5.74, 6) is -2.03. The minimum Gasteiger partial charge on any atom is -0.481 e. The third-order valence-electron chi connectivity index (χ3n) is 2.84. The van der Waals surface area contributed by atoms with E-state index in [9.17, 15) is 14.0 Å². The lowest BCUT2D eigenvalue weighted by molar-refractivity contribution is -0.140. The molecule has 2 unspecified atom stereocenters. The van der Waals surface area contributed by atoms with Crippen molar-refractivity contribution in [3.8, 4) is 0 Å². The van der Waals surface area contributed by atoms with E-state index in [1.54, 1.807) is 12.1 Å². The molecular weight excluding hydrogens is 251 g/mol. The molecule has 2 amide bonds. The zero-order valence-corrected chi connectivity index (χ0v) is 9.97. The van der Waals surface area contributed by atoms with Crippen LogP contribution >= 0.6 is 0 Å². The highest BCUT2D eigenvalue weighted by Crippen LogP contribution is 2.18. The van der Waals surface area contributed by atoms with Gasteiger partial charge < -0.3 is 15.7 Å². The van der Waals surface area contributed by atoms with E-state index < -0.39 is 23.7 Å². The number of carbonyl (C=O) groups excluding carboxylic acids is 1. The molecule has 0 bridgehead atoms. The molecule has 0 aliphatic heterocycles. The third kappa shape index (κ3) is 3.31. The summed E-state index contributed by atoms with van der Waals surface area (Å²) in [5, 5.41) is 13.8. The SMILES string of the molecule is O=C(Nc1ccccc1F)NC1C=CC(C(=O)O)C1. The standard InChI is InChI=1S/C13H13FN2O3/c14-10-3-1-2-4-11(10)16-13(19)15-9-6-5-8(7-9)12(17)18/h1-6,8-9H,7H2,(H,17,18)(H2,15,16,19). The summed E-state index contributed by atoms with van der Waals surface area (Å²) in [6.07, 6.45) is 3.47. The Morgan fingerprint density at radius 2 is 2.00 bits per heavy atom. The zero-order valence-electron chi connectivity index (χ0n) is 9.97. The number of para-hydroxylation sites is 1. The van der Waals surface area contributed by atoms with Gasteiger partial charge in [0.05, 0.1) is 17.6 Å². The van der Waals surface area contributed by atoms with Crippen LogP contribution in [0, 0.1) is 11.7 Å². The molecule has 0 spiro atoms. The Hall–Kier alpha value is -2.37. The van der Waals surface area contributed by atoms with Crippen LogP contribution in [0.3, 0.4) is 0 Å². The molecule has 1 aromatic rings. The number of carboxylic acids is 1. The highest BCUT2D eigenvalue weighted by atomic mass is 19.1. The van der Waals surface area contributed by atoms with E-state index in [-0.39, 0.29) is 11.7 Å². The van der Waals surface area contributed by atoms with E-state index >= 15 is 0 Å². The molecule has 6 heteroatoms. The summed E-state index contributed by atoms with van der Waals surface area (Å²) in [5.41, 5.74) is 0.0803. The zero-order chi connectivity index (χ0) is 13.8. The lowest BCUT2D eigenvalue weighted by Crippen LogP contribution is -2.36. The van der Waals surface area contributed by atoms with Gasteiger partial charge in [-0.15, -0.1) is 0 Å². The molecule has 1 aliphatic rings. The maximum absolute atomic E-state index is 13.3. The van der Waals surface area contributed by atoms with E-state index in [1.165, 1.54) is 24.3 Å². The normalized spacial score (nSPS) is 21.1. The van der Waals surface area contributed by atoms with Crippen LogP contribution in [-0.2, 0) is 4.79 Å². The van der Waals surface area contributed by atoms with Gasteiger partial charge in [0.25, 0.3) is 0 Å². The predicted octanol–water partition coefficient (Wildman–Crippen LogP) is 1.98. The molecule has 0 radical (unpaired) electrons. The van der Waals surface area contributed by atoms with Crippen LogP contribution in [0.15, 0.2) is 36.4 Å². The van der Waals surface area contributed by atoms with Gasteiger partial charge >= 0.3 is 12.0 Å². The lowest BCUT2D eigenvalue weighted by Gasteiger charge is -2.13. The number of anilines is 1. The van der Waals surface area contributed by atoms with E-state index in [2.05, 4.69) is 10.6 Å². The van der Waals surface area contributed by atoms with Crippen LogP contribution in [0.1, 0.15) is 6.42 Å². The first-order valence-corrected chi connectivity index (χ1v) is 5.79. The van der Waals surface area contributed by atoms with Crippen molar-refractivity contribution in [3.05, 3.63) is 42.2 Å². The lowest BCUT2D eigenvalue weighted by atomic mass is 10.1. The van der Waals surface area contributed by atoms with Gasteiger partial charge in [0.15, 0.2) is 0 Å². The summed E-state index contributed by atoms with van der Waals surface area (Å²) in [4.78, 5) is 22.4. The molecule has 19 heavy (non-hydrogen) atoms. The number of benzene rings is 1. The van der Waals surface area contributed by atoms with Crippen molar-refractivity contribution in [3.63, 3.8) is 0 Å². The average Bonchev–Trinajstić information content (AvgIpc) is 2.80. The number of nitrogens with one attached hydrogen (secondary N) is 2. The van der Waals surface area contributed by atoms with Crippen molar-refractivity contribution in [1.29, 1.82) is 0 Å². The smallest absolute Gasteiger partial charge is 0.319 e. The first kappa shape index (κ1) is 13.1. The molecule has 0 heterocycles. The van der Waals surface area contributed by atoms with Crippen LogP contribution in [0.4, 0.5) is 14.9 Å². The summed E-state index contributed by atoms with van der Waals surface area (Å²) < 4.78 is 13.3. The van der Waals surface area contributed by atoms with Gasteiger partial charge in [0.2, 0.25) is 0 Å². The number of hydrogen-bond donors (Lipinski definition) is 3. The molecule has 2 rings (SSSR count). The summed E-state index contributed by atoms with van der Waals surface area (Å²) in [7, 11) is 0. The third-order valence-corrected chi connectivity index (χ3v) is 2.84. The maximum atomic E-state index is 13.3. The van der Waals surface area contributed by atoms with Crippen molar-refractivity contribution in [2.45, 2.75) is 12.5 Å². The van der Waals surface area contributed by atoms with Crippen LogP contribution in [0.2, 0.25) is 0 Å². The van der Waals surface area contributed by atoms with Crippen molar-refractivity contribution in [2.75, 3.05) is 5.32 Å². The van der Waals surface area contributed by atoms with Gasteiger partial charge in [-0.25, -0.2) is 9.18 Å². The minimum atomic E-state index is -0.921. The highest BCUT2D eigenvalue weighted by molar-refractivity contribution is 5.89. The summed E-state index contributed by atoms with van der Waals surface area (Å²) in [6, 6.07) is 4.90. The number of urea groups is 1. The highest BCUT2D eigenvalue weighted by Gasteiger charge is 2.25. The first-order valence-electron chi connectivity index (χ1n) is 5.79. The van der Waals surface area contributed by atoms with Crippen molar-refractivity contribution in [2.24, 2.45) is 5.92 Å². The minimum absolute atomic E-state index is 0.0803. The molecule has 2 atom stereocenters. The molecule has 0 fully saturated rings. The number of hydrogen-bond acceptors (Lipinski definition) is 2. The fraction of sp³-hybridized carbons (Fsp3) is 0.231. The molecule has 3 N–H and O–H groups in total. The second-order valence-corrected chi connectivity index (χ2v) is 4.25. The Bertz CT molecular complexity index is 530. The van der Waals surface area contributed by atoms with Gasteiger partial charge in [-0.05, 0) is 18.6 Å². The molecular formula is C13H13FN2O3. The maximum Gasteiger partial charge on any atom is 0.319 e. The van der Waals surface area contributed by atoms with Crippen molar-refractivity contribution in [1.82, 2.24) is 5.32 Å². The second-order valence-electron chi connectivity index (χ2n) is 4.25. The van der Waals surface area contributed by atoms with E-state index in [1.807, 2.05) is 0 Å².